The Morgan fingerprint density at radius 2 is 2.06 bits per heavy atom. The Bertz CT molecular complexity index is 576. The van der Waals surface area contributed by atoms with E-state index >= 15 is 0 Å². The first kappa shape index (κ1) is 12.5. The van der Waals surface area contributed by atoms with Gasteiger partial charge in [-0.2, -0.15) is 0 Å². The molecule has 0 aliphatic rings. The zero-order chi connectivity index (χ0) is 13.1. The molecule has 0 radical (unpaired) electrons. The second kappa shape index (κ2) is 5.12. The zero-order valence-electron chi connectivity index (χ0n) is 11.0. The molecule has 0 spiro atoms. The van der Waals surface area contributed by atoms with E-state index in [0.29, 0.717) is 18.7 Å². The molecular formula is C14H17N3O. The SMILES string of the molecule is CCN(CC)C(=O)c1cc2cnccc2nc1C. The van der Waals surface area contributed by atoms with Gasteiger partial charge in [-0.1, -0.05) is 0 Å². The third-order valence-corrected chi connectivity index (χ3v) is 3.09. The van der Waals surface area contributed by atoms with Gasteiger partial charge in [0.25, 0.3) is 5.91 Å². The lowest BCUT2D eigenvalue weighted by molar-refractivity contribution is 0.0772. The fourth-order valence-corrected chi connectivity index (χ4v) is 2.01. The van der Waals surface area contributed by atoms with Crippen molar-refractivity contribution in [2.75, 3.05) is 13.1 Å². The summed E-state index contributed by atoms with van der Waals surface area (Å²) < 4.78 is 0. The molecule has 0 saturated carbocycles. The molecule has 2 rings (SSSR count). The Morgan fingerprint density at radius 1 is 1.33 bits per heavy atom. The molecule has 0 aliphatic carbocycles. The molecule has 4 nitrogen and oxygen atoms in total. The summed E-state index contributed by atoms with van der Waals surface area (Å²) in [6, 6.07) is 3.74. The van der Waals surface area contributed by atoms with E-state index in [9.17, 15) is 4.79 Å². The van der Waals surface area contributed by atoms with Crippen molar-refractivity contribution in [3.8, 4) is 0 Å². The van der Waals surface area contributed by atoms with Crippen LogP contribution in [0.25, 0.3) is 10.9 Å². The quantitative estimate of drug-likeness (QED) is 0.831. The molecule has 2 aromatic heterocycles. The Kier molecular flexibility index (Phi) is 3.55. The van der Waals surface area contributed by atoms with Crippen molar-refractivity contribution < 1.29 is 4.79 Å². The van der Waals surface area contributed by atoms with Crippen molar-refractivity contribution in [2.45, 2.75) is 20.8 Å². The largest absolute Gasteiger partial charge is 0.339 e. The molecule has 0 unspecified atom stereocenters. The lowest BCUT2D eigenvalue weighted by atomic mass is 10.1. The highest BCUT2D eigenvalue weighted by Gasteiger charge is 2.16. The van der Waals surface area contributed by atoms with Crippen molar-refractivity contribution in [2.24, 2.45) is 0 Å². The van der Waals surface area contributed by atoms with Gasteiger partial charge in [-0.25, -0.2) is 0 Å². The molecule has 0 atom stereocenters. The minimum absolute atomic E-state index is 0.0377. The van der Waals surface area contributed by atoms with Crippen LogP contribution in [-0.2, 0) is 0 Å². The number of nitrogens with zero attached hydrogens (tertiary/aromatic N) is 3. The average Bonchev–Trinajstić information content (AvgIpc) is 2.39. The Balaban J connectivity index is 2.50. The van der Waals surface area contributed by atoms with Gasteiger partial charge in [0.2, 0.25) is 0 Å². The molecule has 4 heteroatoms. The molecule has 18 heavy (non-hydrogen) atoms. The third-order valence-electron chi connectivity index (χ3n) is 3.09. The molecule has 0 saturated heterocycles. The van der Waals surface area contributed by atoms with Crippen LogP contribution in [0.4, 0.5) is 0 Å². The topological polar surface area (TPSA) is 46.1 Å². The van der Waals surface area contributed by atoms with Gasteiger partial charge < -0.3 is 4.90 Å². The van der Waals surface area contributed by atoms with Crippen LogP contribution >= 0.6 is 0 Å². The molecule has 0 N–H and O–H groups in total. The molecular weight excluding hydrogens is 226 g/mol. The monoisotopic (exact) mass is 243 g/mol. The highest BCUT2D eigenvalue weighted by molar-refractivity contribution is 5.98. The standard InChI is InChI=1S/C14H17N3O/c1-4-17(5-2)14(18)12-8-11-9-15-7-6-13(11)16-10(12)3/h6-9H,4-5H2,1-3H3. The summed E-state index contributed by atoms with van der Waals surface area (Å²) in [5, 5.41) is 0.901. The maximum atomic E-state index is 12.3. The predicted octanol–water partition coefficient (Wildman–Crippen LogP) is 2.42. The Labute approximate surface area is 107 Å². The summed E-state index contributed by atoms with van der Waals surface area (Å²) in [4.78, 5) is 22.7. The van der Waals surface area contributed by atoms with E-state index in [4.69, 9.17) is 0 Å². The number of carbonyl (C=O) groups excluding carboxylic acids is 1. The fourth-order valence-electron chi connectivity index (χ4n) is 2.01. The number of hydrogen-bond acceptors (Lipinski definition) is 3. The average molecular weight is 243 g/mol. The number of aryl methyl sites for hydroxylation is 1. The number of rotatable bonds is 3. The third kappa shape index (κ3) is 2.18. The maximum Gasteiger partial charge on any atom is 0.255 e. The highest BCUT2D eigenvalue weighted by atomic mass is 16.2. The molecule has 1 amide bonds. The molecule has 0 fully saturated rings. The Hall–Kier alpha value is -1.97. The van der Waals surface area contributed by atoms with Crippen LogP contribution in [0.3, 0.4) is 0 Å². The summed E-state index contributed by atoms with van der Waals surface area (Å²) in [6.45, 7) is 7.25. The van der Waals surface area contributed by atoms with E-state index in [1.165, 1.54) is 0 Å². The second-order valence-electron chi connectivity index (χ2n) is 4.17. The van der Waals surface area contributed by atoms with Gasteiger partial charge in [-0.3, -0.25) is 14.8 Å². The van der Waals surface area contributed by atoms with E-state index in [2.05, 4.69) is 9.97 Å². The van der Waals surface area contributed by atoms with Gasteiger partial charge in [-0.15, -0.1) is 0 Å². The Morgan fingerprint density at radius 3 is 2.72 bits per heavy atom. The first-order chi connectivity index (χ1) is 8.67. The summed E-state index contributed by atoms with van der Waals surface area (Å²) in [7, 11) is 0. The van der Waals surface area contributed by atoms with Gasteiger partial charge in [0.15, 0.2) is 0 Å². The second-order valence-corrected chi connectivity index (χ2v) is 4.17. The maximum absolute atomic E-state index is 12.3. The number of fused-ring (bicyclic) bond motifs is 1. The number of carbonyl (C=O) groups is 1. The predicted molar refractivity (Wildman–Crippen MR) is 71.5 cm³/mol. The summed E-state index contributed by atoms with van der Waals surface area (Å²) in [5.41, 5.74) is 2.31. The molecule has 0 bridgehead atoms. The molecule has 0 aromatic carbocycles. The zero-order valence-corrected chi connectivity index (χ0v) is 11.0. The van der Waals surface area contributed by atoms with E-state index in [0.717, 1.165) is 16.6 Å². The first-order valence-corrected chi connectivity index (χ1v) is 6.18. The van der Waals surface area contributed by atoms with Crippen LogP contribution < -0.4 is 0 Å². The lowest BCUT2D eigenvalue weighted by Crippen LogP contribution is -2.31. The van der Waals surface area contributed by atoms with Crippen molar-refractivity contribution in [1.29, 1.82) is 0 Å². The number of aromatic nitrogens is 2. The van der Waals surface area contributed by atoms with Crippen LogP contribution in [-0.4, -0.2) is 33.9 Å². The molecule has 0 aliphatic heterocycles. The normalized spacial score (nSPS) is 10.6. The fraction of sp³-hybridized carbons (Fsp3) is 0.357. The van der Waals surface area contributed by atoms with Gasteiger partial charge in [0.1, 0.15) is 0 Å². The molecule has 2 heterocycles. The van der Waals surface area contributed by atoms with Gasteiger partial charge in [-0.05, 0) is 32.9 Å². The minimum Gasteiger partial charge on any atom is -0.339 e. The number of amides is 1. The summed E-state index contributed by atoms with van der Waals surface area (Å²) in [6.07, 6.45) is 3.45. The van der Waals surface area contributed by atoms with E-state index in [1.54, 1.807) is 17.3 Å². The van der Waals surface area contributed by atoms with Crippen molar-refractivity contribution in [3.05, 3.63) is 35.8 Å². The van der Waals surface area contributed by atoms with Gasteiger partial charge >= 0.3 is 0 Å². The van der Waals surface area contributed by atoms with E-state index in [-0.39, 0.29) is 5.91 Å². The minimum atomic E-state index is 0.0377. The van der Waals surface area contributed by atoms with E-state index in [1.807, 2.05) is 32.9 Å². The van der Waals surface area contributed by atoms with Crippen molar-refractivity contribution in [1.82, 2.24) is 14.9 Å². The van der Waals surface area contributed by atoms with Crippen LogP contribution in [0.1, 0.15) is 29.9 Å². The first-order valence-electron chi connectivity index (χ1n) is 6.18. The van der Waals surface area contributed by atoms with Crippen LogP contribution in [0.15, 0.2) is 24.5 Å². The van der Waals surface area contributed by atoms with Crippen LogP contribution in [0.2, 0.25) is 0 Å². The van der Waals surface area contributed by atoms with Gasteiger partial charge in [0, 0.05) is 30.9 Å². The number of pyridine rings is 2. The number of hydrogen-bond donors (Lipinski definition) is 0. The van der Waals surface area contributed by atoms with Crippen LogP contribution in [0.5, 0.6) is 0 Å². The summed E-state index contributed by atoms with van der Waals surface area (Å²) in [5.74, 6) is 0.0377. The summed E-state index contributed by atoms with van der Waals surface area (Å²) >= 11 is 0. The van der Waals surface area contributed by atoms with Gasteiger partial charge in [0.05, 0.1) is 16.8 Å². The highest BCUT2D eigenvalue weighted by Crippen LogP contribution is 2.16. The smallest absolute Gasteiger partial charge is 0.255 e. The van der Waals surface area contributed by atoms with Crippen molar-refractivity contribution in [3.63, 3.8) is 0 Å². The van der Waals surface area contributed by atoms with Crippen LogP contribution in [0, 0.1) is 6.92 Å². The lowest BCUT2D eigenvalue weighted by Gasteiger charge is -2.19. The van der Waals surface area contributed by atoms with E-state index < -0.39 is 0 Å². The molecule has 94 valence electrons. The van der Waals surface area contributed by atoms with Crippen molar-refractivity contribution >= 4 is 16.8 Å². The molecule has 2 aromatic rings.